The number of aryl methyl sites for hydroxylation is 1. The number of hydrogen-bond acceptors (Lipinski definition) is 5. The standard InChI is InChI=1S/C12H12N4S/c1-9-8-17-11(16-9)4-6-15-12-10(7-13)3-2-5-14-12/h2-3,5,8H,4,6H2,1H3,(H,14,15). The zero-order valence-electron chi connectivity index (χ0n) is 9.47. The van der Waals surface area contributed by atoms with Gasteiger partial charge in [0, 0.05) is 30.2 Å². The first-order chi connectivity index (χ1) is 8.29. The molecule has 0 saturated heterocycles. The predicted octanol–water partition coefficient (Wildman–Crippen LogP) is 2.37. The minimum atomic E-state index is 0.572. The molecule has 0 spiro atoms. The third-order valence-electron chi connectivity index (χ3n) is 2.23. The van der Waals surface area contributed by atoms with Gasteiger partial charge in [0.2, 0.25) is 0 Å². The van der Waals surface area contributed by atoms with Crippen LogP contribution in [0.1, 0.15) is 16.3 Å². The van der Waals surface area contributed by atoms with Crippen LogP contribution in [0, 0.1) is 18.3 Å². The summed E-state index contributed by atoms with van der Waals surface area (Å²) in [7, 11) is 0. The van der Waals surface area contributed by atoms with Crippen LogP contribution in [0.5, 0.6) is 0 Å². The van der Waals surface area contributed by atoms with E-state index in [1.165, 1.54) is 0 Å². The van der Waals surface area contributed by atoms with Crippen LogP contribution in [0.3, 0.4) is 0 Å². The van der Waals surface area contributed by atoms with Gasteiger partial charge >= 0.3 is 0 Å². The normalized spacial score (nSPS) is 9.88. The van der Waals surface area contributed by atoms with Gasteiger partial charge < -0.3 is 5.32 Å². The first-order valence-corrected chi connectivity index (χ1v) is 6.17. The molecular formula is C12H12N4S. The highest BCUT2D eigenvalue weighted by molar-refractivity contribution is 7.09. The lowest BCUT2D eigenvalue weighted by molar-refractivity contribution is 0.976. The first kappa shape index (κ1) is 11.6. The third-order valence-corrected chi connectivity index (χ3v) is 3.25. The Morgan fingerprint density at radius 1 is 1.53 bits per heavy atom. The maximum absolute atomic E-state index is 8.90. The average Bonchev–Trinajstić information content (AvgIpc) is 2.76. The minimum absolute atomic E-state index is 0.572. The second kappa shape index (κ2) is 5.41. The van der Waals surface area contributed by atoms with Gasteiger partial charge in [0.1, 0.15) is 11.9 Å². The van der Waals surface area contributed by atoms with Crippen molar-refractivity contribution >= 4 is 17.2 Å². The van der Waals surface area contributed by atoms with Crippen LogP contribution >= 0.6 is 11.3 Å². The molecule has 2 heterocycles. The second-order valence-corrected chi connectivity index (χ2v) is 4.51. The Morgan fingerprint density at radius 2 is 2.41 bits per heavy atom. The molecule has 0 aliphatic rings. The topological polar surface area (TPSA) is 61.6 Å². The fourth-order valence-electron chi connectivity index (χ4n) is 1.44. The number of nitriles is 1. The molecule has 4 nitrogen and oxygen atoms in total. The van der Waals surface area contributed by atoms with E-state index in [4.69, 9.17) is 5.26 Å². The molecule has 2 rings (SSSR count). The fourth-order valence-corrected chi connectivity index (χ4v) is 2.22. The van der Waals surface area contributed by atoms with Crippen molar-refractivity contribution in [1.82, 2.24) is 9.97 Å². The lowest BCUT2D eigenvalue weighted by atomic mass is 10.3. The quantitative estimate of drug-likeness (QED) is 0.897. The van der Waals surface area contributed by atoms with Gasteiger partial charge in [0.15, 0.2) is 0 Å². The molecule has 86 valence electrons. The number of hydrogen-bond donors (Lipinski definition) is 1. The van der Waals surface area contributed by atoms with Gasteiger partial charge in [-0.3, -0.25) is 0 Å². The monoisotopic (exact) mass is 244 g/mol. The number of anilines is 1. The molecule has 0 saturated carbocycles. The highest BCUT2D eigenvalue weighted by atomic mass is 32.1. The molecule has 17 heavy (non-hydrogen) atoms. The van der Waals surface area contributed by atoms with Crippen molar-refractivity contribution in [2.75, 3.05) is 11.9 Å². The van der Waals surface area contributed by atoms with Crippen LogP contribution in [-0.4, -0.2) is 16.5 Å². The number of pyridine rings is 1. The SMILES string of the molecule is Cc1csc(CCNc2ncccc2C#N)n1. The highest BCUT2D eigenvalue weighted by Crippen LogP contribution is 2.12. The molecule has 2 aromatic rings. The summed E-state index contributed by atoms with van der Waals surface area (Å²) < 4.78 is 0. The number of nitrogens with one attached hydrogen (secondary N) is 1. The van der Waals surface area contributed by atoms with Crippen LogP contribution in [-0.2, 0) is 6.42 Å². The first-order valence-electron chi connectivity index (χ1n) is 5.29. The zero-order valence-corrected chi connectivity index (χ0v) is 10.3. The largest absolute Gasteiger partial charge is 0.369 e. The molecule has 0 aromatic carbocycles. The van der Waals surface area contributed by atoms with Crippen LogP contribution in [0.25, 0.3) is 0 Å². The van der Waals surface area contributed by atoms with E-state index in [9.17, 15) is 0 Å². The molecule has 0 aliphatic heterocycles. The number of thiazole rings is 1. The van der Waals surface area contributed by atoms with Crippen molar-refractivity contribution in [3.05, 3.63) is 40.0 Å². The van der Waals surface area contributed by atoms with Crippen LogP contribution < -0.4 is 5.32 Å². The molecule has 0 unspecified atom stereocenters. The molecule has 5 heteroatoms. The summed E-state index contributed by atoms with van der Waals surface area (Å²) in [5.74, 6) is 0.642. The van der Waals surface area contributed by atoms with E-state index in [0.29, 0.717) is 11.4 Å². The van der Waals surface area contributed by atoms with Crippen LogP contribution in [0.2, 0.25) is 0 Å². The summed E-state index contributed by atoms with van der Waals surface area (Å²) in [5, 5.41) is 15.2. The number of nitrogens with zero attached hydrogens (tertiary/aromatic N) is 3. The summed E-state index contributed by atoms with van der Waals surface area (Å²) in [6.07, 6.45) is 2.52. The summed E-state index contributed by atoms with van der Waals surface area (Å²) in [4.78, 5) is 8.51. The Kier molecular flexibility index (Phi) is 3.68. The summed E-state index contributed by atoms with van der Waals surface area (Å²) in [6, 6.07) is 5.62. The average molecular weight is 244 g/mol. The van der Waals surface area contributed by atoms with Crippen LogP contribution in [0.4, 0.5) is 5.82 Å². The van der Waals surface area contributed by atoms with Gasteiger partial charge in [-0.15, -0.1) is 11.3 Å². The molecule has 0 fully saturated rings. The second-order valence-electron chi connectivity index (χ2n) is 3.57. The molecular weight excluding hydrogens is 232 g/mol. The Hall–Kier alpha value is -1.93. The molecule has 0 amide bonds. The molecule has 0 atom stereocenters. The van der Waals surface area contributed by atoms with E-state index in [1.54, 1.807) is 29.7 Å². The summed E-state index contributed by atoms with van der Waals surface area (Å²) >= 11 is 1.66. The van der Waals surface area contributed by atoms with E-state index >= 15 is 0 Å². The van der Waals surface area contributed by atoms with Gasteiger partial charge in [-0.25, -0.2) is 9.97 Å². The Bertz CT molecular complexity index is 541. The van der Waals surface area contributed by atoms with Gasteiger partial charge in [-0.2, -0.15) is 5.26 Å². The molecule has 2 aromatic heterocycles. The van der Waals surface area contributed by atoms with Crippen molar-refractivity contribution in [3.8, 4) is 6.07 Å². The zero-order chi connectivity index (χ0) is 12.1. The lowest BCUT2D eigenvalue weighted by Crippen LogP contribution is -2.07. The molecule has 0 aliphatic carbocycles. The maximum Gasteiger partial charge on any atom is 0.143 e. The Balaban J connectivity index is 1.92. The fraction of sp³-hybridized carbons (Fsp3) is 0.250. The number of rotatable bonds is 4. The molecule has 0 bridgehead atoms. The summed E-state index contributed by atoms with van der Waals surface area (Å²) in [5.41, 5.74) is 1.63. The van der Waals surface area contributed by atoms with Gasteiger partial charge in [-0.1, -0.05) is 0 Å². The van der Waals surface area contributed by atoms with Gasteiger partial charge in [-0.05, 0) is 19.1 Å². The maximum atomic E-state index is 8.90. The minimum Gasteiger partial charge on any atom is -0.369 e. The lowest BCUT2D eigenvalue weighted by Gasteiger charge is -2.04. The van der Waals surface area contributed by atoms with Crippen molar-refractivity contribution in [3.63, 3.8) is 0 Å². The molecule has 1 N–H and O–H groups in total. The van der Waals surface area contributed by atoms with Crippen molar-refractivity contribution in [2.24, 2.45) is 0 Å². The smallest absolute Gasteiger partial charge is 0.143 e. The van der Waals surface area contributed by atoms with Crippen LogP contribution in [0.15, 0.2) is 23.7 Å². The van der Waals surface area contributed by atoms with Gasteiger partial charge in [0.05, 0.1) is 10.6 Å². The Labute approximate surface area is 104 Å². The Morgan fingerprint density at radius 3 is 3.12 bits per heavy atom. The van der Waals surface area contributed by atoms with Crippen molar-refractivity contribution in [1.29, 1.82) is 5.26 Å². The number of aromatic nitrogens is 2. The third kappa shape index (κ3) is 3.02. The molecule has 0 radical (unpaired) electrons. The van der Waals surface area contributed by atoms with Crippen molar-refractivity contribution < 1.29 is 0 Å². The van der Waals surface area contributed by atoms with E-state index in [-0.39, 0.29) is 0 Å². The van der Waals surface area contributed by atoms with E-state index in [1.807, 2.05) is 12.3 Å². The summed E-state index contributed by atoms with van der Waals surface area (Å²) in [6.45, 7) is 2.72. The van der Waals surface area contributed by atoms with E-state index in [2.05, 4.69) is 21.4 Å². The van der Waals surface area contributed by atoms with E-state index < -0.39 is 0 Å². The predicted molar refractivity (Wildman–Crippen MR) is 68.0 cm³/mol. The van der Waals surface area contributed by atoms with Crippen molar-refractivity contribution in [2.45, 2.75) is 13.3 Å². The van der Waals surface area contributed by atoms with Gasteiger partial charge in [0.25, 0.3) is 0 Å². The van der Waals surface area contributed by atoms with E-state index in [0.717, 1.165) is 23.7 Å². The highest BCUT2D eigenvalue weighted by Gasteiger charge is 2.02.